The lowest BCUT2D eigenvalue weighted by atomic mass is 9.93. The lowest BCUT2D eigenvalue weighted by molar-refractivity contribution is -0.123. The SMILES string of the molecule is Cc1ccc(C2C(Cl)C(=O)N2c2nc3ccccc3s2)cc1. The van der Waals surface area contributed by atoms with Gasteiger partial charge in [-0.1, -0.05) is 53.3 Å². The normalized spacial score (nSPS) is 21.2. The Balaban J connectivity index is 1.75. The van der Waals surface area contributed by atoms with Crippen molar-refractivity contribution in [3.8, 4) is 0 Å². The van der Waals surface area contributed by atoms with E-state index in [0.717, 1.165) is 15.8 Å². The topological polar surface area (TPSA) is 33.2 Å². The molecule has 3 nitrogen and oxygen atoms in total. The van der Waals surface area contributed by atoms with Crippen LogP contribution < -0.4 is 4.90 Å². The van der Waals surface area contributed by atoms with Gasteiger partial charge in [-0.2, -0.15) is 0 Å². The van der Waals surface area contributed by atoms with Crippen molar-refractivity contribution in [3.63, 3.8) is 0 Å². The second kappa shape index (κ2) is 5.07. The molecule has 2 unspecified atom stereocenters. The second-order valence-corrected chi connectivity index (χ2v) is 6.91. The summed E-state index contributed by atoms with van der Waals surface area (Å²) in [4.78, 5) is 18.5. The van der Waals surface area contributed by atoms with Gasteiger partial charge in [-0.05, 0) is 24.6 Å². The van der Waals surface area contributed by atoms with Crippen molar-refractivity contribution in [1.82, 2.24) is 4.98 Å². The van der Waals surface area contributed by atoms with E-state index in [9.17, 15) is 4.79 Å². The third-order valence-corrected chi connectivity index (χ3v) is 5.40. The summed E-state index contributed by atoms with van der Waals surface area (Å²) in [6, 6.07) is 15.9. The van der Waals surface area contributed by atoms with Crippen LogP contribution in [0, 0.1) is 6.92 Å². The fourth-order valence-corrected chi connectivity index (χ4v) is 4.08. The molecule has 1 aliphatic heterocycles. The monoisotopic (exact) mass is 328 g/mol. The van der Waals surface area contributed by atoms with Crippen LogP contribution in [0.15, 0.2) is 48.5 Å². The maximum atomic E-state index is 12.3. The number of para-hydroxylation sites is 1. The number of anilines is 1. The zero-order valence-electron chi connectivity index (χ0n) is 11.9. The zero-order chi connectivity index (χ0) is 15.3. The van der Waals surface area contributed by atoms with Crippen molar-refractivity contribution in [2.75, 3.05) is 4.90 Å². The van der Waals surface area contributed by atoms with Gasteiger partial charge in [0.2, 0.25) is 5.91 Å². The molecule has 3 aromatic rings. The quantitative estimate of drug-likeness (QED) is 0.519. The molecule has 2 atom stereocenters. The molecular formula is C17H13ClN2OS. The number of amides is 1. The third kappa shape index (κ3) is 2.02. The Hall–Kier alpha value is -1.91. The second-order valence-electron chi connectivity index (χ2n) is 5.43. The molecule has 22 heavy (non-hydrogen) atoms. The standard InChI is InChI=1S/C17H13ClN2OS/c1-10-6-8-11(9-7-10)15-14(18)16(21)20(15)17-19-12-4-2-3-5-13(12)22-17/h2-9,14-15H,1H3. The average Bonchev–Trinajstić information content (AvgIpc) is 2.95. The number of carbonyl (C=O) groups is 1. The van der Waals surface area contributed by atoms with Crippen LogP contribution in [0.3, 0.4) is 0 Å². The molecule has 0 aliphatic carbocycles. The number of fused-ring (bicyclic) bond motifs is 1. The van der Waals surface area contributed by atoms with Crippen LogP contribution in [0.1, 0.15) is 17.2 Å². The van der Waals surface area contributed by atoms with E-state index in [1.165, 1.54) is 16.9 Å². The van der Waals surface area contributed by atoms with E-state index in [1.807, 2.05) is 55.5 Å². The van der Waals surface area contributed by atoms with Crippen LogP contribution in [-0.2, 0) is 4.79 Å². The molecule has 2 heterocycles. The molecule has 1 fully saturated rings. The van der Waals surface area contributed by atoms with Crippen molar-refractivity contribution in [2.24, 2.45) is 0 Å². The summed E-state index contributed by atoms with van der Waals surface area (Å²) in [6.45, 7) is 2.04. The van der Waals surface area contributed by atoms with E-state index in [1.54, 1.807) is 4.90 Å². The van der Waals surface area contributed by atoms with E-state index in [-0.39, 0.29) is 11.9 Å². The first-order valence-corrected chi connectivity index (χ1v) is 8.30. The number of thiazole rings is 1. The molecule has 1 saturated heterocycles. The van der Waals surface area contributed by atoms with Crippen LogP contribution in [-0.4, -0.2) is 16.3 Å². The van der Waals surface area contributed by atoms with Gasteiger partial charge >= 0.3 is 0 Å². The lowest BCUT2D eigenvalue weighted by Crippen LogP contribution is -2.56. The van der Waals surface area contributed by atoms with Crippen LogP contribution in [0.4, 0.5) is 5.13 Å². The molecule has 4 rings (SSSR count). The number of hydrogen-bond acceptors (Lipinski definition) is 3. The van der Waals surface area contributed by atoms with Crippen molar-refractivity contribution in [1.29, 1.82) is 0 Å². The van der Waals surface area contributed by atoms with Crippen LogP contribution in [0.5, 0.6) is 0 Å². The van der Waals surface area contributed by atoms with E-state index >= 15 is 0 Å². The number of alkyl halides is 1. The Kier molecular flexibility index (Phi) is 3.17. The van der Waals surface area contributed by atoms with Crippen molar-refractivity contribution >= 4 is 44.2 Å². The molecule has 5 heteroatoms. The van der Waals surface area contributed by atoms with Crippen LogP contribution in [0.2, 0.25) is 0 Å². The molecular weight excluding hydrogens is 316 g/mol. The first-order valence-electron chi connectivity index (χ1n) is 7.04. The Bertz CT molecular complexity index is 825. The summed E-state index contributed by atoms with van der Waals surface area (Å²) in [5.41, 5.74) is 3.15. The van der Waals surface area contributed by atoms with E-state index in [0.29, 0.717) is 5.13 Å². The summed E-state index contributed by atoms with van der Waals surface area (Å²) in [7, 11) is 0. The number of hydrogen-bond donors (Lipinski definition) is 0. The van der Waals surface area contributed by atoms with Crippen LogP contribution in [0.25, 0.3) is 10.2 Å². The molecule has 110 valence electrons. The molecule has 1 aromatic heterocycles. The number of benzene rings is 2. The summed E-state index contributed by atoms with van der Waals surface area (Å²) >= 11 is 7.79. The van der Waals surface area contributed by atoms with Crippen molar-refractivity contribution < 1.29 is 4.79 Å². The molecule has 0 N–H and O–H groups in total. The fourth-order valence-electron chi connectivity index (χ4n) is 2.71. The number of rotatable bonds is 2. The fraction of sp³-hybridized carbons (Fsp3) is 0.176. The van der Waals surface area contributed by atoms with E-state index in [4.69, 9.17) is 11.6 Å². The number of carbonyl (C=O) groups excluding carboxylic acids is 1. The summed E-state index contributed by atoms with van der Waals surface area (Å²) < 4.78 is 1.07. The molecule has 0 bridgehead atoms. The number of aryl methyl sites for hydroxylation is 1. The van der Waals surface area contributed by atoms with Gasteiger partial charge in [0.25, 0.3) is 0 Å². The van der Waals surface area contributed by atoms with E-state index in [2.05, 4.69) is 4.98 Å². The van der Waals surface area contributed by atoms with Gasteiger partial charge < -0.3 is 0 Å². The minimum absolute atomic E-state index is 0.0775. The Labute approximate surface area is 137 Å². The predicted molar refractivity (Wildman–Crippen MR) is 90.7 cm³/mol. The largest absolute Gasteiger partial charge is 0.277 e. The summed E-state index contributed by atoms with van der Waals surface area (Å²) in [6.07, 6.45) is 0. The molecule has 0 radical (unpaired) electrons. The Morgan fingerprint density at radius 2 is 1.86 bits per heavy atom. The van der Waals surface area contributed by atoms with Crippen molar-refractivity contribution in [2.45, 2.75) is 18.3 Å². The minimum Gasteiger partial charge on any atom is -0.277 e. The lowest BCUT2D eigenvalue weighted by Gasteiger charge is -2.42. The smallest absolute Gasteiger partial charge is 0.249 e. The highest BCUT2D eigenvalue weighted by molar-refractivity contribution is 7.22. The summed E-state index contributed by atoms with van der Waals surface area (Å²) in [5, 5.41) is 0.198. The average molecular weight is 329 g/mol. The third-order valence-electron chi connectivity index (χ3n) is 3.94. The van der Waals surface area contributed by atoms with Crippen LogP contribution >= 0.6 is 22.9 Å². The minimum atomic E-state index is -0.519. The van der Waals surface area contributed by atoms with Gasteiger partial charge in [0, 0.05) is 0 Å². The number of aromatic nitrogens is 1. The molecule has 0 saturated carbocycles. The highest BCUT2D eigenvalue weighted by atomic mass is 35.5. The van der Waals surface area contributed by atoms with Gasteiger partial charge in [0.15, 0.2) is 5.13 Å². The first kappa shape index (κ1) is 13.7. The molecule has 1 amide bonds. The maximum absolute atomic E-state index is 12.3. The van der Waals surface area contributed by atoms with Gasteiger partial charge in [-0.25, -0.2) is 4.98 Å². The molecule has 0 spiro atoms. The highest BCUT2D eigenvalue weighted by Gasteiger charge is 2.49. The Morgan fingerprint density at radius 3 is 2.59 bits per heavy atom. The Morgan fingerprint density at radius 1 is 1.14 bits per heavy atom. The number of β-lactam (4-membered cyclic amide) rings is 1. The molecule has 1 aliphatic rings. The van der Waals surface area contributed by atoms with Gasteiger partial charge in [0.1, 0.15) is 5.38 Å². The van der Waals surface area contributed by atoms with Gasteiger partial charge in [-0.15, -0.1) is 11.6 Å². The van der Waals surface area contributed by atoms with E-state index < -0.39 is 5.38 Å². The number of nitrogens with zero attached hydrogens (tertiary/aromatic N) is 2. The molecule has 2 aromatic carbocycles. The first-order chi connectivity index (χ1) is 10.6. The van der Waals surface area contributed by atoms with Crippen molar-refractivity contribution in [3.05, 3.63) is 59.7 Å². The van der Waals surface area contributed by atoms with Gasteiger partial charge in [0.05, 0.1) is 16.3 Å². The zero-order valence-corrected chi connectivity index (χ0v) is 13.4. The number of halogens is 1. The summed E-state index contributed by atoms with van der Waals surface area (Å²) in [5.74, 6) is -0.0775. The van der Waals surface area contributed by atoms with Gasteiger partial charge in [-0.3, -0.25) is 9.69 Å². The predicted octanol–water partition coefficient (Wildman–Crippen LogP) is 4.30. The highest BCUT2D eigenvalue weighted by Crippen LogP contribution is 2.44. The maximum Gasteiger partial charge on any atom is 0.249 e.